The van der Waals surface area contributed by atoms with Gasteiger partial charge in [0.05, 0.1) is 23.8 Å². The molecule has 4 aliphatic rings. The summed E-state index contributed by atoms with van der Waals surface area (Å²) in [6.45, 7) is 7.01. The van der Waals surface area contributed by atoms with E-state index >= 15 is 4.39 Å². The van der Waals surface area contributed by atoms with Crippen molar-refractivity contribution in [3.63, 3.8) is 0 Å². The Kier molecular flexibility index (Phi) is 7.80. The first-order valence-electron chi connectivity index (χ1n) is 15.7. The van der Waals surface area contributed by atoms with Crippen molar-refractivity contribution in [3.05, 3.63) is 76.6 Å². The second-order valence-electron chi connectivity index (χ2n) is 12.8. The fourth-order valence-electron chi connectivity index (χ4n) is 7.84. The maximum absolute atomic E-state index is 15.3. The number of hydrogen-bond acceptors (Lipinski definition) is 7. The zero-order valence-electron chi connectivity index (χ0n) is 25.4. The van der Waals surface area contributed by atoms with Crippen molar-refractivity contribution in [2.24, 2.45) is 11.3 Å². The molecule has 7 rings (SSSR count). The van der Waals surface area contributed by atoms with Gasteiger partial charge in [0, 0.05) is 51.6 Å². The van der Waals surface area contributed by atoms with Crippen molar-refractivity contribution >= 4 is 11.8 Å². The predicted octanol–water partition coefficient (Wildman–Crippen LogP) is 5.24. The molecule has 4 heterocycles. The number of anilines is 1. The Morgan fingerprint density at radius 3 is 2.80 bits per heavy atom. The molecule has 9 heteroatoms. The molecule has 1 N–H and O–H groups in total. The minimum Gasteiger partial charge on any atom is -0.485 e. The highest BCUT2D eigenvalue weighted by atomic mass is 19.1. The van der Waals surface area contributed by atoms with Crippen LogP contribution in [0.5, 0.6) is 5.75 Å². The number of ether oxygens (including phenoxy) is 3. The van der Waals surface area contributed by atoms with Crippen molar-refractivity contribution < 1.29 is 28.5 Å². The van der Waals surface area contributed by atoms with Crippen LogP contribution in [0.1, 0.15) is 41.5 Å². The van der Waals surface area contributed by atoms with Crippen LogP contribution in [0.15, 0.2) is 48.5 Å². The topological polar surface area (TPSA) is 84.4 Å². The van der Waals surface area contributed by atoms with E-state index in [-0.39, 0.29) is 24.3 Å². The minimum atomic E-state index is -0.795. The Morgan fingerprint density at radius 2 is 2.00 bits per heavy atom. The van der Waals surface area contributed by atoms with Crippen LogP contribution in [0.25, 0.3) is 11.3 Å². The number of nitrogens with zero attached hydrogens (tertiary/aromatic N) is 3. The summed E-state index contributed by atoms with van der Waals surface area (Å²) in [6.07, 6.45) is 3.84. The molecule has 0 radical (unpaired) electrons. The maximum atomic E-state index is 15.3. The van der Waals surface area contributed by atoms with Gasteiger partial charge in [0.2, 0.25) is 0 Å². The number of piperidine rings is 1. The molecule has 2 aromatic carbocycles. The zero-order chi connectivity index (χ0) is 30.4. The molecule has 1 aliphatic carbocycles. The number of carboxylic acid groups (broad SMARTS) is 1. The quantitative estimate of drug-likeness (QED) is 0.357. The normalized spacial score (nSPS) is 25.0. The summed E-state index contributed by atoms with van der Waals surface area (Å²) in [5.41, 5.74) is 5.36. The van der Waals surface area contributed by atoms with E-state index in [1.54, 1.807) is 13.2 Å². The molecule has 3 atom stereocenters. The van der Waals surface area contributed by atoms with Gasteiger partial charge in [-0.2, -0.15) is 0 Å². The summed E-state index contributed by atoms with van der Waals surface area (Å²) in [7, 11) is 1.59. The number of aliphatic carboxylic acids is 1. The maximum Gasteiger partial charge on any atom is 0.312 e. The van der Waals surface area contributed by atoms with E-state index in [1.807, 2.05) is 29.2 Å². The number of aromatic nitrogens is 1. The highest BCUT2D eigenvalue weighted by Crippen LogP contribution is 2.62. The van der Waals surface area contributed by atoms with Gasteiger partial charge in [0.1, 0.15) is 12.4 Å². The van der Waals surface area contributed by atoms with E-state index in [0.717, 1.165) is 51.1 Å². The number of aryl methyl sites for hydroxylation is 1. The molecule has 3 fully saturated rings. The van der Waals surface area contributed by atoms with Crippen LogP contribution in [-0.4, -0.2) is 73.1 Å². The second-order valence-corrected chi connectivity index (χ2v) is 12.8. The number of pyridine rings is 1. The lowest BCUT2D eigenvalue weighted by molar-refractivity contribution is -0.144. The van der Waals surface area contributed by atoms with Crippen LogP contribution >= 0.6 is 0 Å². The Hall–Kier alpha value is -3.53. The molecule has 3 aromatic rings. The Morgan fingerprint density at radius 1 is 1.18 bits per heavy atom. The molecule has 3 aliphatic heterocycles. The molecule has 232 valence electrons. The van der Waals surface area contributed by atoms with Gasteiger partial charge in [-0.05, 0) is 85.0 Å². The van der Waals surface area contributed by atoms with Gasteiger partial charge in [0.25, 0.3) is 0 Å². The molecule has 2 saturated heterocycles. The highest BCUT2D eigenvalue weighted by Gasteiger charge is 2.71. The average Bonchev–Trinajstić information content (AvgIpc) is 3.69. The first-order valence-corrected chi connectivity index (χ1v) is 15.7. The molecule has 0 bridgehead atoms. The van der Waals surface area contributed by atoms with Gasteiger partial charge in [-0.1, -0.05) is 24.3 Å². The number of carboxylic acids is 1. The largest absolute Gasteiger partial charge is 0.485 e. The third-order valence-electron chi connectivity index (χ3n) is 10.3. The fraction of sp³-hybridized carbons (Fsp3) is 0.486. The summed E-state index contributed by atoms with van der Waals surface area (Å²) in [5, 5.41) is 10.0. The van der Waals surface area contributed by atoms with Gasteiger partial charge in [-0.25, -0.2) is 9.37 Å². The second kappa shape index (κ2) is 11.8. The van der Waals surface area contributed by atoms with Gasteiger partial charge >= 0.3 is 5.97 Å². The third-order valence-corrected chi connectivity index (χ3v) is 10.3. The first kappa shape index (κ1) is 29.2. The lowest BCUT2D eigenvalue weighted by Gasteiger charge is -2.38. The molecule has 8 nitrogen and oxygen atoms in total. The summed E-state index contributed by atoms with van der Waals surface area (Å²) in [4.78, 5) is 21.7. The van der Waals surface area contributed by atoms with E-state index in [2.05, 4.69) is 24.0 Å². The molecule has 0 amide bonds. The summed E-state index contributed by atoms with van der Waals surface area (Å²) in [6, 6.07) is 15.2. The lowest BCUT2D eigenvalue weighted by Crippen LogP contribution is -2.43. The molecule has 0 unspecified atom stereocenters. The number of carbonyl (C=O) groups is 1. The Balaban J connectivity index is 1.10. The van der Waals surface area contributed by atoms with E-state index in [9.17, 15) is 9.90 Å². The minimum absolute atomic E-state index is 0.0728. The number of fused-ring (bicyclic) bond motifs is 2. The van der Waals surface area contributed by atoms with Crippen molar-refractivity contribution in [1.82, 2.24) is 9.88 Å². The number of halogens is 1. The monoisotopic (exact) mass is 601 g/mol. The molecule has 44 heavy (non-hydrogen) atoms. The average molecular weight is 602 g/mol. The van der Waals surface area contributed by atoms with E-state index in [1.165, 1.54) is 22.8 Å². The van der Waals surface area contributed by atoms with Gasteiger partial charge in [-0.15, -0.1) is 0 Å². The lowest BCUT2D eigenvalue weighted by atomic mass is 9.91. The molecule has 1 saturated carbocycles. The van der Waals surface area contributed by atoms with E-state index in [0.29, 0.717) is 42.7 Å². The molecular weight excluding hydrogens is 561 g/mol. The number of benzene rings is 2. The van der Waals surface area contributed by atoms with Crippen LogP contribution in [0.4, 0.5) is 10.2 Å². The van der Waals surface area contributed by atoms with Crippen molar-refractivity contribution in [1.29, 1.82) is 0 Å². The van der Waals surface area contributed by atoms with Crippen LogP contribution in [0, 0.1) is 24.1 Å². The summed E-state index contributed by atoms with van der Waals surface area (Å²) < 4.78 is 32.5. The zero-order valence-corrected chi connectivity index (χ0v) is 25.4. The molecule has 1 aromatic heterocycles. The Bertz CT molecular complexity index is 1560. The summed E-state index contributed by atoms with van der Waals surface area (Å²) >= 11 is 0. The number of rotatable bonds is 9. The van der Waals surface area contributed by atoms with Crippen LogP contribution in [0.3, 0.4) is 0 Å². The Labute approximate surface area is 257 Å². The predicted molar refractivity (Wildman–Crippen MR) is 164 cm³/mol. The van der Waals surface area contributed by atoms with E-state index < -0.39 is 17.2 Å². The number of para-hydroxylation sites is 1. The standard InChI is InChI=1S/C35H40FN3O5/c1-22-15-23(16-24-9-12-38(19-28(22)24)26-10-13-43-14-11-26)20-44-33-27(5-3-6-29(33)36)30-7-4-8-32(37-30)39-18-25-17-35(25,34(40)41)31(39)21-42-2/h3-8,15-16,25-26,31H,9-14,17-21H2,1-2H3,(H,40,41)/t25-,31+,35+/m0/s1. The van der Waals surface area contributed by atoms with Crippen molar-refractivity contribution in [2.75, 3.05) is 44.9 Å². The number of hydrogen-bond donors (Lipinski definition) is 1. The van der Waals surface area contributed by atoms with Gasteiger partial charge in [-0.3, -0.25) is 9.69 Å². The SMILES string of the molecule is COC[C@H]1N(c2cccc(-c3cccc(F)c3OCc3cc(C)c4c(c3)CCN(C3CCOCC3)C4)n2)C[C@@H]2C[C@@]21C(=O)O. The van der Waals surface area contributed by atoms with Gasteiger partial charge in [0.15, 0.2) is 11.6 Å². The first-order chi connectivity index (χ1) is 21.4. The van der Waals surface area contributed by atoms with Gasteiger partial charge < -0.3 is 24.2 Å². The van der Waals surface area contributed by atoms with E-state index in [4.69, 9.17) is 19.2 Å². The highest BCUT2D eigenvalue weighted by molar-refractivity contribution is 5.82. The molecular formula is C35H40FN3O5. The van der Waals surface area contributed by atoms with Crippen molar-refractivity contribution in [3.8, 4) is 17.0 Å². The molecule has 0 spiro atoms. The van der Waals surface area contributed by atoms with Crippen LogP contribution < -0.4 is 9.64 Å². The van der Waals surface area contributed by atoms with Crippen LogP contribution in [-0.2, 0) is 33.8 Å². The van der Waals surface area contributed by atoms with Crippen molar-refractivity contribution in [2.45, 2.75) is 57.8 Å². The van der Waals surface area contributed by atoms with Crippen LogP contribution in [0.2, 0.25) is 0 Å². The number of methoxy groups -OCH3 is 1. The fourth-order valence-corrected chi connectivity index (χ4v) is 7.84. The smallest absolute Gasteiger partial charge is 0.312 e. The summed E-state index contributed by atoms with van der Waals surface area (Å²) in [5.74, 6) is -0.326. The third kappa shape index (κ3) is 5.14.